The summed E-state index contributed by atoms with van der Waals surface area (Å²) in [5, 5.41) is 21.1. The second-order valence-electron chi connectivity index (χ2n) is 5.91. The zero-order chi connectivity index (χ0) is 17.0. The third kappa shape index (κ3) is 3.73. The van der Waals surface area contributed by atoms with Crippen LogP contribution in [0.3, 0.4) is 0 Å². The van der Waals surface area contributed by atoms with Crippen LogP contribution in [0.4, 0.5) is 0 Å². The molecule has 0 spiro atoms. The number of hydrogen-bond acceptors (Lipinski definition) is 2. The number of rotatable bonds is 6. The van der Waals surface area contributed by atoms with Gasteiger partial charge in [0.2, 0.25) is 0 Å². The molecule has 0 saturated carbocycles. The Bertz CT molecular complexity index is 757. The van der Waals surface area contributed by atoms with E-state index in [0.717, 1.165) is 46.7 Å². The Kier molecular flexibility index (Phi) is 5.43. The van der Waals surface area contributed by atoms with E-state index < -0.39 is 5.97 Å². The molecular formula is C20H24O3. The van der Waals surface area contributed by atoms with Crippen molar-refractivity contribution in [1.82, 2.24) is 0 Å². The third-order valence-corrected chi connectivity index (χ3v) is 4.30. The van der Waals surface area contributed by atoms with Gasteiger partial charge in [0, 0.05) is 5.57 Å². The van der Waals surface area contributed by atoms with E-state index in [1.807, 2.05) is 13.0 Å². The molecule has 0 aliphatic heterocycles. The molecule has 2 rings (SSSR count). The molecule has 2 N–H and O–H groups in total. The number of aliphatic carboxylic acids is 1. The van der Waals surface area contributed by atoms with Gasteiger partial charge in [-0.3, -0.25) is 0 Å². The predicted molar refractivity (Wildman–Crippen MR) is 94.7 cm³/mol. The van der Waals surface area contributed by atoms with E-state index in [-0.39, 0.29) is 5.75 Å². The van der Waals surface area contributed by atoms with E-state index in [1.165, 1.54) is 0 Å². The molecule has 3 heteroatoms. The van der Waals surface area contributed by atoms with Gasteiger partial charge in [0.1, 0.15) is 5.75 Å². The van der Waals surface area contributed by atoms with Gasteiger partial charge in [0.05, 0.1) is 0 Å². The quantitative estimate of drug-likeness (QED) is 0.725. The van der Waals surface area contributed by atoms with Crippen LogP contribution in [0.2, 0.25) is 0 Å². The molecule has 0 fully saturated rings. The fraction of sp³-hybridized carbons (Fsp3) is 0.350. The lowest BCUT2D eigenvalue weighted by Crippen LogP contribution is -2.03. The molecular weight excluding hydrogens is 288 g/mol. The van der Waals surface area contributed by atoms with E-state index in [4.69, 9.17) is 0 Å². The molecule has 23 heavy (non-hydrogen) atoms. The standard InChI is InChI=1S/C20H24O3/c1-4-6-7-15-10-16-11-17(21)9-8-14(16)12-19(15)18(5-2)13(3)20(22)23/h8-12,21H,4-7H2,1-3H3,(H,22,23)/b18-13+. The van der Waals surface area contributed by atoms with Gasteiger partial charge in [-0.2, -0.15) is 0 Å². The minimum atomic E-state index is -0.867. The molecule has 0 atom stereocenters. The number of unbranched alkanes of at least 4 members (excludes halogenated alkanes) is 1. The van der Waals surface area contributed by atoms with Crippen LogP contribution in [-0.4, -0.2) is 16.2 Å². The number of allylic oxidation sites excluding steroid dienone is 1. The number of aryl methyl sites for hydroxylation is 1. The van der Waals surface area contributed by atoms with Gasteiger partial charge in [-0.05, 0) is 71.9 Å². The molecule has 2 aromatic rings. The zero-order valence-electron chi connectivity index (χ0n) is 14.0. The Labute approximate surface area is 137 Å². The van der Waals surface area contributed by atoms with Gasteiger partial charge < -0.3 is 10.2 Å². The van der Waals surface area contributed by atoms with E-state index in [1.54, 1.807) is 19.1 Å². The Morgan fingerprint density at radius 1 is 1.09 bits per heavy atom. The van der Waals surface area contributed by atoms with Crippen LogP contribution >= 0.6 is 0 Å². The van der Waals surface area contributed by atoms with Gasteiger partial charge in [0.15, 0.2) is 0 Å². The summed E-state index contributed by atoms with van der Waals surface area (Å²) < 4.78 is 0. The predicted octanol–water partition coefficient (Wildman–Crippen LogP) is 5.16. The summed E-state index contributed by atoms with van der Waals surface area (Å²) in [5.41, 5.74) is 3.48. The summed E-state index contributed by atoms with van der Waals surface area (Å²) in [7, 11) is 0. The number of carboxylic acid groups (broad SMARTS) is 1. The zero-order valence-corrected chi connectivity index (χ0v) is 14.0. The second kappa shape index (κ2) is 7.32. The lowest BCUT2D eigenvalue weighted by Gasteiger charge is -2.16. The van der Waals surface area contributed by atoms with E-state index in [0.29, 0.717) is 12.0 Å². The van der Waals surface area contributed by atoms with Crippen molar-refractivity contribution in [2.45, 2.75) is 46.5 Å². The largest absolute Gasteiger partial charge is 0.508 e. The highest BCUT2D eigenvalue weighted by molar-refractivity contribution is 5.98. The number of phenolic OH excluding ortho intramolecular Hbond substituents is 1. The molecule has 0 saturated heterocycles. The molecule has 3 nitrogen and oxygen atoms in total. The van der Waals surface area contributed by atoms with Crippen molar-refractivity contribution in [1.29, 1.82) is 0 Å². The van der Waals surface area contributed by atoms with Crippen LogP contribution in [0.5, 0.6) is 5.75 Å². The van der Waals surface area contributed by atoms with Crippen LogP contribution in [0.25, 0.3) is 16.3 Å². The monoisotopic (exact) mass is 312 g/mol. The van der Waals surface area contributed by atoms with Crippen molar-refractivity contribution in [3.8, 4) is 5.75 Å². The lowest BCUT2D eigenvalue weighted by molar-refractivity contribution is -0.132. The molecule has 0 radical (unpaired) electrons. The van der Waals surface area contributed by atoms with Gasteiger partial charge in [-0.25, -0.2) is 4.79 Å². The molecule has 0 amide bonds. The van der Waals surface area contributed by atoms with Crippen molar-refractivity contribution in [2.75, 3.05) is 0 Å². The van der Waals surface area contributed by atoms with Gasteiger partial charge >= 0.3 is 5.97 Å². The second-order valence-corrected chi connectivity index (χ2v) is 5.91. The smallest absolute Gasteiger partial charge is 0.331 e. The van der Waals surface area contributed by atoms with E-state index in [9.17, 15) is 15.0 Å². The van der Waals surface area contributed by atoms with Crippen molar-refractivity contribution in [3.05, 3.63) is 47.0 Å². The van der Waals surface area contributed by atoms with Crippen LogP contribution in [0, 0.1) is 0 Å². The van der Waals surface area contributed by atoms with E-state index >= 15 is 0 Å². The van der Waals surface area contributed by atoms with Gasteiger partial charge in [-0.1, -0.05) is 32.4 Å². The average Bonchev–Trinajstić information content (AvgIpc) is 2.53. The summed E-state index contributed by atoms with van der Waals surface area (Å²) in [6.07, 6.45) is 3.73. The maximum absolute atomic E-state index is 11.4. The number of aromatic hydroxyl groups is 1. The molecule has 122 valence electrons. The normalized spacial score (nSPS) is 12.3. The number of benzene rings is 2. The molecule has 0 heterocycles. The summed E-state index contributed by atoms with van der Waals surface area (Å²) in [5.74, 6) is -0.617. The first kappa shape index (κ1) is 17.1. The highest BCUT2D eigenvalue weighted by Crippen LogP contribution is 2.32. The molecule has 0 bridgehead atoms. The number of fused-ring (bicyclic) bond motifs is 1. The molecule has 2 aromatic carbocycles. The van der Waals surface area contributed by atoms with Crippen molar-refractivity contribution in [3.63, 3.8) is 0 Å². The average molecular weight is 312 g/mol. The number of hydrogen-bond donors (Lipinski definition) is 2. The minimum Gasteiger partial charge on any atom is -0.508 e. The van der Waals surface area contributed by atoms with Crippen LogP contribution in [0.15, 0.2) is 35.9 Å². The Morgan fingerprint density at radius 2 is 1.83 bits per heavy atom. The first-order valence-electron chi connectivity index (χ1n) is 8.17. The van der Waals surface area contributed by atoms with Crippen molar-refractivity contribution >= 4 is 22.3 Å². The van der Waals surface area contributed by atoms with Crippen molar-refractivity contribution in [2.24, 2.45) is 0 Å². The fourth-order valence-electron chi connectivity index (χ4n) is 2.97. The fourth-order valence-corrected chi connectivity index (χ4v) is 2.97. The number of phenols is 1. The summed E-state index contributed by atoms with van der Waals surface area (Å²) in [6, 6.07) is 9.45. The van der Waals surface area contributed by atoms with Crippen molar-refractivity contribution < 1.29 is 15.0 Å². The Morgan fingerprint density at radius 3 is 2.43 bits per heavy atom. The van der Waals surface area contributed by atoms with Gasteiger partial charge in [-0.15, -0.1) is 0 Å². The van der Waals surface area contributed by atoms with E-state index in [2.05, 4.69) is 19.1 Å². The number of carbonyl (C=O) groups is 1. The minimum absolute atomic E-state index is 0.250. The van der Waals surface area contributed by atoms with Crippen LogP contribution in [0.1, 0.15) is 51.2 Å². The highest BCUT2D eigenvalue weighted by Gasteiger charge is 2.14. The highest BCUT2D eigenvalue weighted by atomic mass is 16.4. The molecule has 0 aliphatic carbocycles. The topological polar surface area (TPSA) is 57.5 Å². The summed E-state index contributed by atoms with van der Waals surface area (Å²) in [4.78, 5) is 11.4. The maximum Gasteiger partial charge on any atom is 0.331 e. The van der Waals surface area contributed by atoms with Gasteiger partial charge in [0.25, 0.3) is 0 Å². The third-order valence-electron chi connectivity index (χ3n) is 4.30. The van der Waals surface area contributed by atoms with Crippen LogP contribution in [-0.2, 0) is 11.2 Å². The lowest BCUT2D eigenvalue weighted by atomic mass is 9.89. The number of carboxylic acids is 1. The first-order valence-corrected chi connectivity index (χ1v) is 8.17. The molecule has 0 unspecified atom stereocenters. The van der Waals surface area contributed by atoms with Crippen LogP contribution < -0.4 is 0 Å². The molecule has 0 aromatic heterocycles. The Balaban J connectivity index is 2.70. The maximum atomic E-state index is 11.4. The summed E-state index contributed by atoms with van der Waals surface area (Å²) in [6.45, 7) is 5.81. The Hall–Kier alpha value is -2.29. The summed E-state index contributed by atoms with van der Waals surface area (Å²) >= 11 is 0. The SMILES string of the molecule is CCCCc1cc2cc(O)ccc2cc1/C(CC)=C(\C)C(=O)O. The molecule has 0 aliphatic rings. The first-order chi connectivity index (χ1) is 11.0.